The maximum absolute atomic E-state index is 14.0. The van der Waals surface area contributed by atoms with Gasteiger partial charge in [-0.3, -0.25) is 0 Å². The van der Waals surface area contributed by atoms with Crippen LogP contribution in [0.15, 0.2) is 34.8 Å². The molecule has 0 unspecified atom stereocenters. The monoisotopic (exact) mass is 352 g/mol. The molecule has 0 atom stereocenters. The Morgan fingerprint density at radius 1 is 1.29 bits per heavy atom. The molecule has 0 fully saturated rings. The summed E-state index contributed by atoms with van der Waals surface area (Å²) < 4.78 is 19.4. The minimum absolute atomic E-state index is 0.0351. The minimum atomic E-state index is -0.612. The van der Waals surface area contributed by atoms with Crippen LogP contribution in [0.25, 0.3) is 0 Å². The average Bonchev–Trinajstić information content (AvgIpc) is 2.43. The van der Waals surface area contributed by atoms with E-state index in [4.69, 9.17) is 5.73 Å². The van der Waals surface area contributed by atoms with Crippen LogP contribution in [0.2, 0.25) is 0 Å². The van der Waals surface area contributed by atoms with E-state index in [0.717, 1.165) is 16.1 Å². The first kappa shape index (κ1) is 15.3. The fraction of sp³-hybridized carbons (Fsp3) is 0.133. The summed E-state index contributed by atoms with van der Waals surface area (Å²) in [5.41, 5.74) is 7.68. The lowest BCUT2D eigenvalue weighted by Crippen LogP contribution is -2.08. The normalized spacial score (nSPS) is 10.3. The Morgan fingerprint density at radius 2 is 2.00 bits per heavy atom. The second kappa shape index (κ2) is 6.13. The van der Waals surface area contributed by atoms with E-state index in [1.165, 1.54) is 13.2 Å². The van der Waals surface area contributed by atoms with Crippen LogP contribution in [-0.2, 0) is 4.74 Å². The summed E-state index contributed by atoms with van der Waals surface area (Å²) in [4.78, 5) is 11.6. The van der Waals surface area contributed by atoms with Crippen molar-refractivity contribution >= 4 is 39.0 Å². The molecule has 0 amide bonds. The summed E-state index contributed by atoms with van der Waals surface area (Å²) >= 11 is 3.40. The van der Waals surface area contributed by atoms with Crippen molar-refractivity contribution < 1.29 is 13.9 Å². The first-order valence-corrected chi connectivity index (χ1v) is 6.92. The zero-order valence-electron chi connectivity index (χ0n) is 11.5. The van der Waals surface area contributed by atoms with Crippen molar-refractivity contribution in [3.05, 3.63) is 51.7 Å². The van der Waals surface area contributed by atoms with Crippen molar-refractivity contribution in [2.24, 2.45) is 0 Å². The third-order valence-electron chi connectivity index (χ3n) is 2.94. The van der Waals surface area contributed by atoms with Gasteiger partial charge in [0.05, 0.1) is 24.0 Å². The van der Waals surface area contributed by atoms with Crippen LogP contribution in [0.4, 0.5) is 21.5 Å². The molecule has 0 aliphatic heterocycles. The average molecular weight is 353 g/mol. The van der Waals surface area contributed by atoms with Gasteiger partial charge in [0.1, 0.15) is 5.82 Å². The molecule has 21 heavy (non-hydrogen) atoms. The predicted octanol–water partition coefficient (Wildman–Crippen LogP) is 4.01. The number of anilines is 3. The summed E-state index contributed by atoms with van der Waals surface area (Å²) in [5, 5.41) is 2.93. The van der Waals surface area contributed by atoms with Gasteiger partial charge in [0, 0.05) is 10.2 Å². The predicted molar refractivity (Wildman–Crippen MR) is 84.3 cm³/mol. The van der Waals surface area contributed by atoms with Crippen molar-refractivity contribution in [2.75, 3.05) is 18.2 Å². The highest BCUT2D eigenvalue weighted by atomic mass is 79.9. The zero-order chi connectivity index (χ0) is 15.6. The quantitative estimate of drug-likeness (QED) is 0.647. The van der Waals surface area contributed by atoms with Gasteiger partial charge in [-0.05, 0) is 52.7 Å². The number of ether oxygens (including phenoxy) is 1. The van der Waals surface area contributed by atoms with Gasteiger partial charge >= 0.3 is 5.97 Å². The van der Waals surface area contributed by atoms with Crippen LogP contribution in [0.3, 0.4) is 0 Å². The molecule has 0 radical (unpaired) electrons. The molecule has 2 aromatic carbocycles. The number of nitrogens with one attached hydrogen (secondary N) is 1. The van der Waals surface area contributed by atoms with Crippen molar-refractivity contribution in [3.63, 3.8) is 0 Å². The van der Waals surface area contributed by atoms with Crippen LogP contribution in [-0.4, -0.2) is 13.1 Å². The molecule has 0 aliphatic rings. The van der Waals surface area contributed by atoms with Crippen LogP contribution < -0.4 is 11.1 Å². The van der Waals surface area contributed by atoms with Gasteiger partial charge < -0.3 is 15.8 Å². The molecule has 3 N–H and O–H groups in total. The number of hydrogen-bond donors (Lipinski definition) is 2. The molecule has 0 heterocycles. The number of esters is 1. The van der Waals surface area contributed by atoms with Crippen LogP contribution in [0, 0.1) is 12.7 Å². The minimum Gasteiger partial charge on any atom is -0.465 e. The molecular weight excluding hydrogens is 339 g/mol. The lowest BCUT2D eigenvalue weighted by Gasteiger charge is -2.12. The molecule has 0 spiro atoms. The van der Waals surface area contributed by atoms with E-state index >= 15 is 0 Å². The van der Waals surface area contributed by atoms with Crippen molar-refractivity contribution in [1.82, 2.24) is 0 Å². The lowest BCUT2D eigenvalue weighted by atomic mass is 10.1. The Bertz CT molecular complexity index is 704. The molecule has 0 aromatic heterocycles. The molecule has 0 bridgehead atoms. The maximum Gasteiger partial charge on any atom is 0.340 e. The summed E-state index contributed by atoms with van der Waals surface area (Å²) in [6.07, 6.45) is 0. The molecule has 0 saturated carbocycles. The van der Waals surface area contributed by atoms with Gasteiger partial charge in [0.2, 0.25) is 0 Å². The van der Waals surface area contributed by atoms with Crippen molar-refractivity contribution in [2.45, 2.75) is 6.92 Å². The van der Waals surface area contributed by atoms with Crippen molar-refractivity contribution in [3.8, 4) is 0 Å². The summed E-state index contributed by atoms with van der Waals surface area (Å²) in [7, 11) is 1.24. The smallest absolute Gasteiger partial charge is 0.340 e. The zero-order valence-corrected chi connectivity index (χ0v) is 13.1. The third-order valence-corrected chi connectivity index (χ3v) is 3.59. The standard InChI is InChI=1S/C15H14BrFN2O2/c1-8-3-4-13(10(16)5-8)19-14-6-9(15(20)21-2)12(18)7-11(14)17/h3-7,19H,18H2,1-2H3. The number of methoxy groups -OCH3 is 1. The highest BCUT2D eigenvalue weighted by Gasteiger charge is 2.15. The Morgan fingerprint density at radius 3 is 2.62 bits per heavy atom. The van der Waals surface area contributed by atoms with E-state index in [1.54, 1.807) is 0 Å². The van der Waals surface area contributed by atoms with Gasteiger partial charge in [-0.15, -0.1) is 0 Å². The Kier molecular flexibility index (Phi) is 4.47. The first-order chi connectivity index (χ1) is 9.92. The van der Waals surface area contributed by atoms with E-state index < -0.39 is 11.8 Å². The molecule has 4 nitrogen and oxygen atoms in total. The topological polar surface area (TPSA) is 64.3 Å². The van der Waals surface area contributed by atoms with E-state index in [-0.39, 0.29) is 16.9 Å². The highest BCUT2D eigenvalue weighted by molar-refractivity contribution is 9.10. The summed E-state index contributed by atoms with van der Waals surface area (Å²) in [6, 6.07) is 8.04. The Balaban J connectivity index is 2.42. The molecule has 2 rings (SSSR count). The van der Waals surface area contributed by atoms with E-state index in [1.807, 2.05) is 25.1 Å². The van der Waals surface area contributed by atoms with Crippen LogP contribution >= 0.6 is 15.9 Å². The van der Waals surface area contributed by atoms with Crippen LogP contribution in [0.5, 0.6) is 0 Å². The first-order valence-electron chi connectivity index (χ1n) is 6.13. The number of carbonyl (C=O) groups is 1. The molecule has 0 saturated heterocycles. The molecule has 6 heteroatoms. The SMILES string of the molecule is COC(=O)c1cc(Nc2ccc(C)cc2Br)c(F)cc1N. The molecule has 2 aromatic rings. The number of nitrogen functional groups attached to an aromatic ring is 1. The number of hydrogen-bond acceptors (Lipinski definition) is 4. The number of halogens is 2. The maximum atomic E-state index is 14.0. The van der Waals surface area contributed by atoms with Gasteiger partial charge in [-0.1, -0.05) is 6.07 Å². The molecule has 110 valence electrons. The third kappa shape index (κ3) is 3.33. The van der Waals surface area contributed by atoms with E-state index in [9.17, 15) is 9.18 Å². The van der Waals surface area contributed by atoms with E-state index in [0.29, 0.717) is 5.69 Å². The lowest BCUT2D eigenvalue weighted by molar-refractivity contribution is 0.0602. The highest BCUT2D eigenvalue weighted by Crippen LogP contribution is 2.30. The van der Waals surface area contributed by atoms with E-state index in [2.05, 4.69) is 26.0 Å². The fourth-order valence-corrected chi connectivity index (χ4v) is 2.43. The number of aryl methyl sites for hydroxylation is 1. The largest absolute Gasteiger partial charge is 0.465 e. The molecular formula is C15H14BrFN2O2. The van der Waals surface area contributed by atoms with Gasteiger partial charge in [-0.2, -0.15) is 0 Å². The van der Waals surface area contributed by atoms with Crippen LogP contribution in [0.1, 0.15) is 15.9 Å². The Hall–Kier alpha value is -2.08. The fourth-order valence-electron chi connectivity index (χ4n) is 1.84. The number of nitrogens with two attached hydrogens (primary N) is 1. The Labute approximate surface area is 130 Å². The van der Waals surface area contributed by atoms with Crippen molar-refractivity contribution in [1.29, 1.82) is 0 Å². The van der Waals surface area contributed by atoms with Gasteiger partial charge in [-0.25, -0.2) is 9.18 Å². The summed E-state index contributed by atoms with van der Waals surface area (Å²) in [6.45, 7) is 1.95. The molecule has 0 aliphatic carbocycles. The second-order valence-corrected chi connectivity index (χ2v) is 5.37. The number of carbonyl (C=O) groups excluding carboxylic acids is 1. The van der Waals surface area contributed by atoms with Gasteiger partial charge in [0.25, 0.3) is 0 Å². The number of rotatable bonds is 3. The summed E-state index contributed by atoms with van der Waals surface area (Å²) in [5.74, 6) is -1.16. The number of benzene rings is 2. The second-order valence-electron chi connectivity index (χ2n) is 4.52. The van der Waals surface area contributed by atoms with Gasteiger partial charge in [0.15, 0.2) is 0 Å².